The molecule has 0 spiro atoms. The zero-order valence-electron chi connectivity index (χ0n) is 12.7. The molecule has 1 aliphatic carbocycles. The lowest BCUT2D eigenvalue weighted by molar-refractivity contribution is 0.0355. The van der Waals surface area contributed by atoms with Crippen LogP contribution < -0.4 is 5.32 Å². The van der Waals surface area contributed by atoms with Crippen molar-refractivity contribution in [2.45, 2.75) is 70.6 Å². The Bertz CT molecular complexity index is 240. The van der Waals surface area contributed by atoms with Crippen molar-refractivity contribution in [1.82, 2.24) is 15.1 Å². The standard InChI is InChI=1S/C15H31N3/c1-12(6-5-9-16-15-7-8-15)18-10-13(2)17(4)14(3)11-18/h12-16H,5-11H2,1-4H3. The lowest BCUT2D eigenvalue weighted by Gasteiger charge is -2.45. The first-order valence-electron chi connectivity index (χ1n) is 7.77. The molecule has 18 heavy (non-hydrogen) atoms. The number of nitrogens with one attached hydrogen (secondary N) is 1. The molecule has 0 aromatic rings. The Kier molecular flexibility index (Phi) is 5.05. The summed E-state index contributed by atoms with van der Waals surface area (Å²) >= 11 is 0. The molecule has 3 unspecified atom stereocenters. The zero-order valence-corrected chi connectivity index (χ0v) is 12.7. The molecule has 1 aliphatic heterocycles. The minimum atomic E-state index is 0.695. The third-order valence-electron chi connectivity index (χ3n) is 4.82. The maximum absolute atomic E-state index is 3.61. The second-order valence-corrected chi connectivity index (χ2v) is 6.54. The predicted molar refractivity (Wildman–Crippen MR) is 78.0 cm³/mol. The third-order valence-corrected chi connectivity index (χ3v) is 4.82. The molecule has 0 amide bonds. The molecule has 3 atom stereocenters. The highest BCUT2D eigenvalue weighted by atomic mass is 15.3. The Morgan fingerprint density at radius 1 is 1.17 bits per heavy atom. The van der Waals surface area contributed by atoms with Gasteiger partial charge in [-0.05, 0) is 60.0 Å². The topological polar surface area (TPSA) is 18.5 Å². The van der Waals surface area contributed by atoms with Crippen molar-refractivity contribution in [1.29, 1.82) is 0 Å². The van der Waals surface area contributed by atoms with E-state index in [4.69, 9.17) is 0 Å². The highest BCUT2D eigenvalue weighted by Gasteiger charge is 2.28. The van der Waals surface area contributed by atoms with Gasteiger partial charge in [0.2, 0.25) is 0 Å². The van der Waals surface area contributed by atoms with Gasteiger partial charge in [-0.15, -0.1) is 0 Å². The van der Waals surface area contributed by atoms with E-state index in [-0.39, 0.29) is 0 Å². The fraction of sp³-hybridized carbons (Fsp3) is 1.00. The lowest BCUT2D eigenvalue weighted by atomic mass is 10.0. The molecule has 2 aliphatic rings. The van der Waals surface area contributed by atoms with Crippen LogP contribution in [0.1, 0.15) is 46.5 Å². The normalized spacial score (nSPS) is 32.7. The van der Waals surface area contributed by atoms with E-state index < -0.39 is 0 Å². The van der Waals surface area contributed by atoms with Gasteiger partial charge in [0, 0.05) is 37.3 Å². The van der Waals surface area contributed by atoms with Crippen LogP contribution in [0.5, 0.6) is 0 Å². The van der Waals surface area contributed by atoms with Crippen LogP contribution in [0, 0.1) is 0 Å². The van der Waals surface area contributed by atoms with Crippen LogP contribution in [-0.2, 0) is 0 Å². The lowest BCUT2D eigenvalue weighted by Crippen LogP contribution is -2.57. The minimum Gasteiger partial charge on any atom is -0.314 e. The first-order valence-corrected chi connectivity index (χ1v) is 7.77. The molecule has 3 nitrogen and oxygen atoms in total. The van der Waals surface area contributed by atoms with Gasteiger partial charge >= 0.3 is 0 Å². The zero-order chi connectivity index (χ0) is 13.1. The number of hydrogen-bond donors (Lipinski definition) is 1. The molecule has 1 saturated heterocycles. The largest absolute Gasteiger partial charge is 0.314 e. The molecule has 0 aromatic heterocycles. The van der Waals surface area contributed by atoms with E-state index in [0.717, 1.165) is 12.1 Å². The summed E-state index contributed by atoms with van der Waals surface area (Å²) in [4.78, 5) is 5.20. The Hall–Kier alpha value is -0.120. The third kappa shape index (κ3) is 3.94. The Morgan fingerprint density at radius 2 is 1.78 bits per heavy atom. The Morgan fingerprint density at radius 3 is 2.33 bits per heavy atom. The van der Waals surface area contributed by atoms with Crippen LogP contribution in [0.2, 0.25) is 0 Å². The van der Waals surface area contributed by atoms with Gasteiger partial charge < -0.3 is 5.32 Å². The fourth-order valence-electron chi connectivity index (χ4n) is 2.98. The molecule has 0 aromatic carbocycles. The van der Waals surface area contributed by atoms with Crippen LogP contribution in [0.3, 0.4) is 0 Å². The van der Waals surface area contributed by atoms with Crippen molar-refractivity contribution in [3.8, 4) is 0 Å². The maximum atomic E-state index is 3.61. The molecule has 0 bridgehead atoms. The van der Waals surface area contributed by atoms with Crippen molar-refractivity contribution in [3.05, 3.63) is 0 Å². The van der Waals surface area contributed by atoms with Crippen molar-refractivity contribution in [2.24, 2.45) is 0 Å². The SMILES string of the molecule is CC(CCCNC1CC1)N1CC(C)N(C)C(C)C1. The van der Waals surface area contributed by atoms with Crippen molar-refractivity contribution < 1.29 is 0 Å². The van der Waals surface area contributed by atoms with Gasteiger partial charge in [0.25, 0.3) is 0 Å². The van der Waals surface area contributed by atoms with Gasteiger partial charge in [-0.1, -0.05) is 0 Å². The summed E-state index contributed by atoms with van der Waals surface area (Å²) < 4.78 is 0. The summed E-state index contributed by atoms with van der Waals surface area (Å²) in [6.07, 6.45) is 5.47. The summed E-state index contributed by atoms with van der Waals surface area (Å²) in [6.45, 7) is 10.8. The highest BCUT2D eigenvalue weighted by molar-refractivity contribution is 4.85. The average molecular weight is 253 g/mol. The average Bonchev–Trinajstić information content (AvgIpc) is 3.14. The quantitative estimate of drug-likeness (QED) is 0.730. The summed E-state index contributed by atoms with van der Waals surface area (Å²) in [5.74, 6) is 0. The van der Waals surface area contributed by atoms with E-state index in [9.17, 15) is 0 Å². The molecule has 106 valence electrons. The van der Waals surface area contributed by atoms with Gasteiger partial charge in [0.05, 0.1) is 0 Å². The van der Waals surface area contributed by atoms with E-state index >= 15 is 0 Å². The summed E-state index contributed by atoms with van der Waals surface area (Å²) in [5, 5.41) is 3.61. The number of hydrogen-bond acceptors (Lipinski definition) is 3. The van der Waals surface area contributed by atoms with Crippen molar-refractivity contribution in [2.75, 3.05) is 26.7 Å². The second kappa shape index (κ2) is 6.36. The number of rotatable bonds is 6. The first kappa shape index (κ1) is 14.3. The Balaban J connectivity index is 1.65. The fourth-order valence-corrected chi connectivity index (χ4v) is 2.98. The van der Waals surface area contributed by atoms with Crippen LogP contribution in [0.25, 0.3) is 0 Å². The molecule has 1 heterocycles. The van der Waals surface area contributed by atoms with Crippen molar-refractivity contribution in [3.63, 3.8) is 0 Å². The Labute approximate surface area is 113 Å². The van der Waals surface area contributed by atoms with E-state index in [0.29, 0.717) is 12.1 Å². The summed E-state index contributed by atoms with van der Waals surface area (Å²) in [6, 6.07) is 3.00. The molecule has 3 heteroatoms. The van der Waals surface area contributed by atoms with E-state index in [2.05, 4.69) is 42.9 Å². The van der Waals surface area contributed by atoms with E-state index in [1.807, 2.05) is 0 Å². The molecule has 1 saturated carbocycles. The van der Waals surface area contributed by atoms with Gasteiger partial charge in [-0.25, -0.2) is 0 Å². The van der Waals surface area contributed by atoms with Gasteiger partial charge in [0.15, 0.2) is 0 Å². The molecule has 0 radical (unpaired) electrons. The van der Waals surface area contributed by atoms with Crippen LogP contribution >= 0.6 is 0 Å². The number of piperazine rings is 1. The van der Waals surface area contributed by atoms with Gasteiger partial charge in [-0.3, -0.25) is 9.80 Å². The van der Waals surface area contributed by atoms with Gasteiger partial charge in [0.1, 0.15) is 0 Å². The van der Waals surface area contributed by atoms with Crippen molar-refractivity contribution >= 4 is 0 Å². The van der Waals surface area contributed by atoms with E-state index in [1.165, 1.54) is 45.3 Å². The number of likely N-dealkylation sites (N-methyl/N-ethyl adjacent to an activating group) is 1. The molecule has 2 rings (SSSR count). The molecular weight excluding hydrogens is 222 g/mol. The van der Waals surface area contributed by atoms with Gasteiger partial charge in [-0.2, -0.15) is 0 Å². The first-order chi connectivity index (χ1) is 8.58. The molecular formula is C15H31N3. The molecule has 2 fully saturated rings. The summed E-state index contributed by atoms with van der Waals surface area (Å²) in [7, 11) is 2.26. The monoisotopic (exact) mass is 253 g/mol. The smallest absolute Gasteiger partial charge is 0.0195 e. The minimum absolute atomic E-state index is 0.695. The predicted octanol–water partition coefficient (Wildman–Crippen LogP) is 1.93. The van der Waals surface area contributed by atoms with Crippen LogP contribution in [-0.4, -0.2) is 60.6 Å². The second-order valence-electron chi connectivity index (χ2n) is 6.54. The maximum Gasteiger partial charge on any atom is 0.0195 e. The number of nitrogens with zero attached hydrogens (tertiary/aromatic N) is 2. The van der Waals surface area contributed by atoms with Crippen LogP contribution in [0.4, 0.5) is 0 Å². The molecule has 1 N–H and O–H groups in total. The highest BCUT2D eigenvalue weighted by Crippen LogP contribution is 2.20. The van der Waals surface area contributed by atoms with E-state index in [1.54, 1.807) is 0 Å². The summed E-state index contributed by atoms with van der Waals surface area (Å²) in [5.41, 5.74) is 0. The van der Waals surface area contributed by atoms with Crippen LogP contribution in [0.15, 0.2) is 0 Å².